The lowest BCUT2D eigenvalue weighted by molar-refractivity contribution is -0.120. The molecule has 1 saturated carbocycles. The van der Waals surface area contributed by atoms with Gasteiger partial charge in [-0.05, 0) is 25.0 Å². The van der Waals surface area contributed by atoms with Crippen molar-refractivity contribution in [2.75, 3.05) is 26.6 Å². The van der Waals surface area contributed by atoms with Gasteiger partial charge < -0.3 is 28.8 Å². The van der Waals surface area contributed by atoms with Crippen LogP contribution >= 0.6 is 0 Å². The Hall–Kier alpha value is -4.08. The second kappa shape index (κ2) is 11.6. The van der Waals surface area contributed by atoms with Crippen LogP contribution in [0.5, 0.6) is 17.2 Å². The molecular weight excluding hydrogens is 466 g/mol. The molecule has 3 aromatic rings. The second-order valence-corrected chi connectivity index (χ2v) is 8.40. The summed E-state index contributed by atoms with van der Waals surface area (Å²) < 4.78 is 26.6. The molecule has 0 saturated heterocycles. The number of aromatic nitrogens is 2. The molecule has 0 unspecified atom stereocenters. The summed E-state index contributed by atoms with van der Waals surface area (Å²) in [5.74, 6) is 0.921. The molecule has 4 rings (SSSR count). The average molecular weight is 496 g/mol. The number of benzene rings is 2. The quantitative estimate of drug-likeness (QED) is 0.423. The zero-order valence-corrected chi connectivity index (χ0v) is 20.5. The Bertz CT molecular complexity index is 1220. The van der Waals surface area contributed by atoms with Gasteiger partial charge in [0.2, 0.25) is 11.7 Å². The first-order valence-corrected chi connectivity index (χ1v) is 11.7. The number of nitrogens with zero attached hydrogens (tertiary/aromatic N) is 2. The van der Waals surface area contributed by atoms with Gasteiger partial charge in [0.15, 0.2) is 18.1 Å². The lowest BCUT2D eigenvalue weighted by Gasteiger charge is -2.22. The molecule has 0 aliphatic heterocycles. The largest absolute Gasteiger partial charge is 0.497 e. The second-order valence-electron chi connectivity index (χ2n) is 8.40. The van der Waals surface area contributed by atoms with Crippen molar-refractivity contribution in [3.05, 3.63) is 47.9 Å². The maximum absolute atomic E-state index is 13.0. The summed E-state index contributed by atoms with van der Waals surface area (Å²) in [5, 5.41) is 6.83. The van der Waals surface area contributed by atoms with E-state index in [1.807, 2.05) is 12.1 Å². The van der Waals surface area contributed by atoms with Crippen molar-refractivity contribution >= 4 is 17.6 Å². The monoisotopic (exact) mass is 495 g/mol. The first-order chi connectivity index (χ1) is 17.5. The van der Waals surface area contributed by atoms with Crippen molar-refractivity contribution in [3.63, 3.8) is 0 Å². The molecule has 0 bridgehead atoms. The van der Waals surface area contributed by atoms with Gasteiger partial charge in [0.1, 0.15) is 5.75 Å². The smallest absolute Gasteiger partial charge is 0.340 e. The third-order valence-electron chi connectivity index (χ3n) is 6.10. The molecule has 1 fully saturated rings. The first-order valence-electron chi connectivity index (χ1n) is 11.7. The van der Waals surface area contributed by atoms with Gasteiger partial charge >= 0.3 is 5.97 Å². The summed E-state index contributed by atoms with van der Waals surface area (Å²) in [6.45, 7) is -0.250. The van der Waals surface area contributed by atoms with Crippen LogP contribution in [0.15, 0.2) is 40.9 Å². The Morgan fingerprint density at radius 3 is 2.47 bits per heavy atom. The van der Waals surface area contributed by atoms with E-state index >= 15 is 0 Å². The van der Waals surface area contributed by atoms with Crippen LogP contribution in [0.25, 0.3) is 11.4 Å². The SMILES string of the molecule is COc1cccc(-c2noc(COC(=O)c3cc(OC)c(OC)cc3NC(=O)C3CCCCC3)n2)c1. The predicted octanol–water partition coefficient (Wildman–Crippen LogP) is 4.64. The van der Waals surface area contributed by atoms with Crippen LogP contribution in [0.1, 0.15) is 48.4 Å². The summed E-state index contributed by atoms with van der Waals surface area (Å²) in [4.78, 5) is 30.2. The standard InChI is InChI=1S/C26H29N3O7/c1-32-18-11-7-10-17(12-18)24-28-23(36-29-24)15-35-26(31)19-13-21(33-2)22(34-3)14-20(19)27-25(30)16-8-5-4-6-9-16/h7,10-14,16H,4-6,8-9,15H2,1-3H3,(H,27,30). The maximum atomic E-state index is 13.0. The molecule has 1 aliphatic rings. The molecule has 36 heavy (non-hydrogen) atoms. The topological polar surface area (TPSA) is 122 Å². The lowest BCUT2D eigenvalue weighted by Crippen LogP contribution is -2.26. The molecule has 0 atom stereocenters. The number of anilines is 1. The van der Waals surface area contributed by atoms with Gasteiger partial charge in [0, 0.05) is 23.6 Å². The minimum Gasteiger partial charge on any atom is -0.497 e. The van der Waals surface area contributed by atoms with Gasteiger partial charge in [0.05, 0.1) is 32.6 Å². The molecule has 1 aromatic heterocycles. The van der Waals surface area contributed by atoms with Crippen LogP contribution in [0.3, 0.4) is 0 Å². The Kier molecular flexibility index (Phi) is 8.04. The van der Waals surface area contributed by atoms with Crippen molar-refractivity contribution < 1.29 is 33.1 Å². The molecule has 10 nitrogen and oxygen atoms in total. The molecule has 1 amide bonds. The fourth-order valence-electron chi connectivity index (χ4n) is 4.15. The Morgan fingerprint density at radius 2 is 1.75 bits per heavy atom. The highest BCUT2D eigenvalue weighted by Crippen LogP contribution is 2.35. The van der Waals surface area contributed by atoms with Crippen LogP contribution in [-0.2, 0) is 16.1 Å². The van der Waals surface area contributed by atoms with Crippen molar-refractivity contribution in [2.24, 2.45) is 5.92 Å². The minimum atomic E-state index is -0.684. The number of amides is 1. The fourth-order valence-corrected chi connectivity index (χ4v) is 4.15. The fraction of sp³-hybridized carbons (Fsp3) is 0.385. The molecular formula is C26H29N3O7. The highest BCUT2D eigenvalue weighted by atomic mass is 16.6. The van der Waals surface area contributed by atoms with Crippen LogP contribution in [0, 0.1) is 5.92 Å². The lowest BCUT2D eigenvalue weighted by atomic mass is 9.88. The van der Waals surface area contributed by atoms with Crippen molar-refractivity contribution in [2.45, 2.75) is 38.7 Å². The molecule has 0 spiro atoms. The van der Waals surface area contributed by atoms with Gasteiger partial charge in [-0.1, -0.05) is 36.6 Å². The van der Waals surface area contributed by atoms with Gasteiger partial charge in [-0.15, -0.1) is 0 Å². The highest BCUT2D eigenvalue weighted by molar-refractivity contribution is 6.02. The van der Waals surface area contributed by atoms with Crippen molar-refractivity contribution in [1.29, 1.82) is 0 Å². The number of carbonyl (C=O) groups excluding carboxylic acids is 2. The van der Waals surface area contributed by atoms with E-state index in [0.29, 0.717) is 28.6 Å². The molecule has 1 aliphatic carbocycles. The number of carbonyl (C=O) groups is 2. The van der Waals surface area contributed by atoms with Crippen molar-refractivity contribution in [1.82, 2.24) is 10.1 Å². The number of nitrogens with one attached hydrogen (secondary N) is 1. The number of rotatable bonds is 9. The number of hydrogen-bond donors (Lipinski definition) is 1. The van der Waals surface area contributed by atoms with E-state index in [4.69, 9.17) is 23.5 Å². The van der Waals surface area contributed by atoms with E-state index in [9.17, 15) is 9.59 Å². The molecule has 190 valence electrons. The zero-order chi connectivity index (χ0) is 25.5. The molecule has 1 heterocycles. The minimum absolute atomic E-state index is 0.0934. The zero-order valence-electron chi connectivity index (χ0n) is 20.5. The van der Waals surface area contributed by atoms with Crippen molar-refractivity contribution in [3.8, 4) is 28.6 Å². The van der Waals surface area contributed by atoms with Crippen LogP contribution < -0.4 is 19.5 Å². The van der Waals surface area contributed by atoms with E-state index < -0.39 is 5.97 Å². The summed E-state index contributed by atoms with van der Waals surface area (Å²) in [5.41, 5.74) is 1.11. The summed E-state index contributed by atoms with van der Waals surface area (Å²) in [6.07, 6.45) is 4.81. The predicted molar refractivity (Wildman–Crippen MR) is 130 cm³/mol. The average Bonchev–Trinajstić information content (AvgIpc) is 3.41. The third-order valence-corrected chi connectivity index (χ3v) is 6.10. The van der Waals surface area contributed by atoms with Gasteiger partial charge in [-0.3, -0.25) is 4.79 Å². The molecule has 2 aromatic carbocycles. The normalized spacial score (nSPS) is 13.6. The van der Waals surface area contributed by atoms with E-state index in [2.05, 4.69) is 15.5 Å². The van der Waals surface area contributed by atoms with E-state index in [-0.39, 0.29) is 35.6 Å². The third kappa shape index (κ3) is 5.76. The molecule has 0 radical (unpaired) electrons. The Labute approximate surface area is 208 Å². The van der Waals surface area contributed by atoms with Crippen LogP contribution in [-0.4, -0.2) is 43.3 Å². The Balaban J connectivity index is 1.50. The first kappa shape index (κ1) is 25.0. The maximum Gasteiger partial charge on any atom is 0.340 e. The highest BCUT2D eigenvalue weighted by Gasteiger charge is 2.25. The summed E-state index contributed by atoms with van der Waals surface area (Å²) in [7, 11) is 4.52. The summed E-state index contributed by atoms with van der Waals surface area (Å²) in [6, 6.07) is 10.2. The number of esters is 1. The van der Waals surface area contributed by atoms with Gasteiger partial charge in [0.25, 0.3) is 5.89 Å². The van der Waals surface area contributed by atoms with Crippen LogP contribution in [0.4, 0.5) is 5.69 Å². The van der Waals surface area contributed by atoms with Crippen LogP contribution in [0.2, 0.25) is 0 Å². The Morgan fingerprint density at radius 1 is 1.00 bits per heavy atom. The number of ether oxygens (including phenoxy) is 4. The van der Waals surface area contributed by atoms with E-state index in [1.165, 1.54) is 20.3 Å². The van der Waals surface area contributed by atoms with E-state index in [0.717, 1.165) is 32.1 Å². The summed E-state index contributed by atoms with van der Waals surface area (Å²) >= 11 is 0. The molecule has 10 heteroatoms. The van der Waals surface area contributed by atoms with E-state index in [1.54, 1.807) is 25.3 Å². The van der Waals surface area contributed by atoms with Gasteiger partial charge in [-0.2, -0.15) is 4.98 Å². The van der Waals surface area contributed by atoms with Gasteiger partial charge in [-0.25, -0.2) is 4.79 Å². The number of methoxy groups -OCH3 is 3. The molecule has 1 N–H and O–H groups in total. The number of hydrogen-bond acceptors (Lipinski definition) is 9.